The molecule has 52 valence electrons. The maximum absolute atomic E-state index is 11.9. The van der Waals surface area contributed by atoms with E-state index in [2.05, 4.69) is 6.58 Å². The predicted molar refractivity (Wildman–Crippen MR) is 32.1 cm³/mol. The monoisotopic (exact) mass is 150 g/mol. The van der Waals surface area contributed by atoms with Gasteiger partial charge >= 0.3 is 10.2 Å². The van der Waals surface area contributed by atoms with Gasteiger partial charge in [0, 0.05) is 0 Å². The second kappa shape index (κ2) is 1.80. The van der Waals surface area contributed by atoms with Gasteiger partial charge < -0.3 is 0 Å². The Morgan fingerprint density at radius 1 is 1.67 bits per heavy atom. The molecule has 0 aromatic heterocycles. The third-order valence-corrected chi connectivity index (χ3v) is 2.71. The van der Waals surface area contributed by atoms with Gasteiger partial charge in [-0.15, -0.1) is 10.5 Å². The summed E-state index contributed by atoms with van der Waals surface area (Å²) in [5.74, 6) is -0.139. The maximum Gasteiger partial charge on any atom is 0.305 e. The van der Waals surface area contributed by atoms with Gasteiger partial charge in [-0.25, -0.2) is 0 Å². The topological polar surface area (TPSA) is 34.1 Å². The average molecular weight is 150 g/mol. The summed E-state index contributed by atoms with van der Waals surface area (Å²) in [6.07, 6.45) is 1.88. The second-order valence-corrected chi connectivity index (χ2v) is 3.71. The predicted octanol–water partition coefficient (Wildman–Crippen LogP) is 0.860. The molecule has 2 nitrogen and oxygen atoms in total. The molecule has 1 saturated carbocycles. The Balaban J connectivity index is 2.63. The molecule has 0 aromatic rings. The number of allylic oxidation sites excluding steroid dienone is 1. The molecule has 1 fully saturated rings. The molecule has 0 bridgehead atoms. The summed E-state index contributed by atoms with van der Waals surface area (Å²) in [5.41, 5.74) is 0. The minimum Gasteiger partial charge on any atom is -0.195 e. The van der Waals surface area contributed by atoms with Gasteiger partial charge in [0.2, 0.25) is 0 Å². The fraction of sp³-hybridized carbons (Fsp3) is 0.600. The molecule has 0 spiro atoms. The van der Waals surface area contributed by atoms with E-state index in [0.717, 1.165) is 0 Å². The summed E-state index contributed by atoms with van der Waals surface area (Å²) >= 11 is 0. The first-order chi connectivity index (χ1) is 4.05. The van der Waals surface area contributed by atoms with E-state index in [1.54, 1.807) is 0 Å². The van der Waals surface area contributed by atoms with Crippen LogP contribution in [0.4, 0.5) is 3.89 Å². The molecule has 0 N–H and O–H groups in total. The van der Waals surface area contributed by atoms with Crippen LogP contribution in [0.3, 0.4) is 0 Å². The number of hydrogen-bond acceptors (Lipinski definition) is 2. The quantitative estimate of drug-likeness (QED) is 0.432. The second-order valence-electron chi connectivity index (χ2n) is 2.15. The largest absolute Gasteiger partial charge is 0.305 e. The molecule has 1 rings (SSSR count). The van der Waals surface area contributed by atoms with E-state index < -0.39 is 15.5 Å². The van der Waals surface area contributed by atoms with E-state index in [1.807, 2.05) is 0 Å². The van der Waals surface area contributed by atoms with Crippen LogP contribution in [0.5, 0.6) is 0 Å². The van der Waals surface area contributed by atoms with Crippen molar-refractivity contribution in [1.29, 1.82) is 0 Å². The Kier molecular flexibility index (Phi) is 1.35. The Bertz CT molecular complexity index is 219. The molecule has 0 aromatic carbocycles. The van der Waals surface area contributed by atoms with E-state index in [9.17, 15) is 12.3 Å². The fourth-order valence-corrected chi connectivity index (χ4v) is 1.74. The van der Waals surface area contributed by atoms with Crippen molar-refractivity contribution in [3.63, 3.8) is 0 Å². The van der Waals surface area contributed by atoms with Crippen molar-refractivity contribution < 1.29 is 12.3 Å². The van der Waals surface area contributed by atoms with Crippen LogP contribution in [0.25, 0.3) is 0 Å². The van der Waals surface area contributed by atoms with Crippen LogP contribution < -0.4 is 0 Å². The van der Waals surface area contributed by atoms with Gasteiger partial charge in [-0.2, -0.15) is 8.42 Å². The van der Waals surface area contributed by atoms with E-state index in [1.165, 1.54) is 6.08 Å². The van der Waals surface area contributed by atoms with Gasteiger partial charge in [0.15, 0.2) is 0 Å². The van der Waals surface area contributed by atoms with Crippen LogP contribution in [0.2, 0.25) is 0 Å². The Morgan fingerprint density at radius 2 is 2.22 bits per heavy atom. The first kappa shape index (κ1) is 6.74. The Morgan fingerprint density at radius 3 is 2.33 bits per heavy atom. The Labute approximate surface area is 53.6 Å². The van der Waals surface area contributed by atoms with Gasteiger partial charge in [-0.1, -0.05) is 6.08 Å². The molecule has 0 aliphatic heterocycles. The van der Waals surface area contributed by atoms with Crippen LogP contribution in [0, 0.1) is 5.92 Å². The highest BCUT2D eigenvalue weighted by atomic mass is 32.3. The standard InChI is InChI=1S/C5H7FO2S/c1-2-4-3-5(4)9(6,7)8/h2,4-5H,1,3H2. The van der Waals surface area contributed by atoms with Gasteiger partial charge in [-0.3, -0.25) is 0 Å². The first-order valence-electron chi connectivity index (χ1n) is 2.61. The smallest absolute Gasteiger partial charge is 0.195 e. The molecule has 2 atom stereocenters. The van der Waals surface area contributed by atoms with Gasteiger partial charge in [-0.05, 0) is 12.3 Å². The molecule has 2 unspecified atom stereocenters. The van der Waals surface area contributed by atoms with Crippen molar-refractivity contribution in [1.82, 2.24) is 0 Å². The van der Waals surface area contributed by atoms with Crippen LogP contribution in [-0.4, -0.2) is 13.7 Å². The molecule has 0 saturated heterocycles. The maximum atomic E-state index is 11.9. The van der Waals surface area contributed by atoms with Crippen LogP contribution in [0.1, 0.15) is 6.42 Å². The number of rotatable bonds is 2. The van der Waals surface area contributed by atoms with Crippen molar-refractivity contribution in [2.24, 2.45) is 5.92 Å². The molecule has 0 heterocycles. The fourth-order valence-electron chi connectivity index (χ4n) is 0.761. The highest BCUT2D eigenvalue weighted by molar-refractivity contribution is 7.87. The third kappa shape index (κ3) is 1.30. The molecule has 9 heavy (non-hydrogen) atoms. The van der Waals surface area contributed by atoms with Crippen LogP contribution in [-0.2, 0) is 10.2 Å². The van der Waals surface area contributed by atoms with Crippen LogP contribution in [0.15, 0.2) is 12.7 Å². The normalized spacial score (nSPS) is 33.9. The van der Waals surface area contributed by atoms with Crippen molar-refractivity contribution in [2.75, 3.05) is 0 Å². The zero-order valence-corrected chi connectivity index (χ0v) is 5.57. The third-order valence-electron chi connectivity index (χ3n) is 1.44. The molecular weight excluding hydrogens is 143 g/mol. The van der Waals surface area contributed by atoms with Gasteiger partial charge in [0.25, 0.3) is 0 Å². The van der Waals surface area contributed by atoms with E-state index in [-0.39, 0.29) is 5.92 Å². The average Bonchev–Trinajstić information content (AvgIpc) is 2.39. The van der Waals surface area contributed by atoms with E-state index >= 15 is 0 Å². The molecule has 4 heteroatoms. The summed E-state index contributed by atoms with van der Waals surface area (Å²) in [4.78, 5) is 0. The summed E-state index contributed by atoms with van der Waals surface area (Å²) in [7, 11) is -4.26. The lowest BCUT2D eigenvalue weighted by Gasteiger charge is -1.84. The number of hydrogen-bond donors (Lipinski definition) is 0. The van der Waals surface area contributed by atoms with Gasteiger partial charge in [0.1, 0.15) is 0 Å². The van der Waals surface area contributed by atoms with Crippen molar-refractivity contribution in [3.8, 4) is 0 Å². The lowest BCUT2D eigenvalue weighted by molar-refractivity contribution is 0.549. The summed E-state index contributed by atoms with van der Waals surface area (Å²) in [6.45, 7) is 3.36. The van der Waals surface area contributed by atoms with E-state index in [4.69, 9.17) is 0 Å². The minimum atomic E-state index is -4.26. The molecule has 0 amide bonds. The minimum absolute atomic E-state index is 0.139. The summed E-state index contributed by atoms with van der Waals surface area (Å²) in [6, 6.07) is 0. The van der Waals surface area contributed by atoms with Crippen molar-refractivity contribution in [2.45, 2.75) is 11.7 Å². The molecule has 0 radical (unpaired) electrons. The van der Waals surface area contributed by atoms with Crippen molar-refractivity contribution in [3.05, 3.63) is 12.7 Å². The molecule has 1 aliphatic rings. The summed E-state index contributed by atoms with van der Waals surface area (Å²) < 4.78 is 32.0. The summed E-state index contributed by atoms with van der Waals surface area (Å²) in [5, 5.41) is -0.782. The van der Waals surface area contributed by atoms with Gasteiger partial charge in [0.05, 0.1) is 5.25 Å². The number of halogens is 1. The van der Waals surface area contributed by atoms with E-state index in [0.29, 0.717) is 6.42 Å². The molecular formula is C5H7FO2S. The highest BCUT2D eigenvalue weighted by Crippen LogP contribution is 2.38. The van der Waals surface area contributed by atoms with Crippen LogP contribution >= 0.6 is 0 Å². The lowest BCUT2D eigenvalue weighted by Crippen LogP contribution is -1.99. The Hall–Kier alpha value is -0.380. The molecule has 1 aliphatic carbocycles. The first-order valence-corrected chi connectivity index (χ1v) is 4.06. The lowest BCUT2D eigenvalue weighted by atomic mass is 10.4. The van der Waals surface area contributed by atoms with Crippen molar-refractivity contribution >= 4 is 10.2 Å². The SMILES string of the molecule is C=CC1CC1S(=O)(=O)F. The zero-order chi connectivity index (χ0) is 7.07. The highest BCUT2D eigenvalue weighted by Gasteiger charge is 2.45. The zero-order valence-electron chi connectivity index (χ0n) is 4.75.